The third-order valence-corrected chi connectivity index (χ3v) is 4.10. The Balaban J connectivity index is 1.64. The van der Waals surface area contributed by atoms with E-state index in [1.54, 1.807) is 19.2 Å². The average Bonchev–Trinajstić information content (AvgIpc) is 3.29. The van der Waals surface area contributed by atoms with Crippen molar-refractivity contribution in [2.24, 2.45) is 0 Å². The Morgan fingerprint density at radius 2 is 1.73 bits per heavy atom. The number of nitrogens with one attached hydrogen (secondary N) is 2. The van der Waals surface area contributed by atoms with Crippen molar-refractivity contribution in [1.29, 1.82) is 0 Å². The number of carbonyl (C=O) groups excluding carboxylic acids is 1. The molecule has 0 spiro atoms. The number of halogens is 1. The van der Waals surface area contributed by atoms with Gasteiger partial charge in [-0.25, -0.2) is 4.79 Å². The maximum absolute atomic E-state index is 12.2. The van der Waals surface area contributed by atoms with Gasteiger partial charge in [-0.2, -0.15) is 0 Å². The molecule has 2 amide bonds. The van der Waals surface area contributed by atoms with Crippen LogP contribution < -0.4 is 15.4 Å². The zero-order valence-electron chi connectivity index (χ0n) is 12.2. The molecule has 4 nitrogen and oxygen atoms in total. The van der Waals surface area contributed by atoms with Crippen LogP contribution in [-0.2, 0) is 5.54 Å². The van der Waals surface area contributed by atoms with Gasteiger partial charge in [-0.1, -0.05) is 23.7 Å². The normalized spacial score (nSPS) is 15.0. The van der Waals surface area contributed by atoms with E-state index in [4.69, 9.17) is 16.3 Å². The van der Waals surface area contributed by atoms with Crippen molar-refractivity contribution >= 4 is 23.3 Å². The van der Waals surface area contributed by atoms with Crippen molar-refractivity contribution in [3.05, 3.63) is 59.1 Å². The van der Waals surface area contributed by atoms with Gasteiger partial charge in [0.15, 0.2) is 0 Å². The monoisotopic (exact) mass is 316 g/mol. The van der Waals surface area contributed by atoms with Gasteiger partial charge in [0.1, 0.15) is 5.75 Å². The van der Waals surface area contributed by atoms with E-state index >= 15 is 0 Å². The Hall–Kier alpha value is -2.20. The number of ether oxygens (including phenoxy) is 1. The van der Waals surface area contributed by atoms with Crippen molar-refractivity contribution in [1.82, 2.24) is 5.32 Å². The smallest absolute Gasteiger partial charge is 0.319 e. The summed E-state index contributed by atoms with van der Waals surface area (Å²) in [7, 11) is 1.61. The van der Waals surface area contributed by atoms with E-state index in [1.807, 2.05) is 36.4 Å². The number of rotatable bonds is 4. The number of hydrogen-bond acceptors (Lipinski definition) is 2. The number of carbonyl (C=O) groups is 1. The van der Waals surface area contributed by atoms with Gasteiger partial charge in [-0.05, 0) is 54.8 Å². The third-order valence-electron chi connectivity index (χ3n) is 3.85. The molecule has 0 radical (unpaired) electrons. The van der Waals surface area contributed by atoms with Crippen LogP contribution in [0.4, 0.5) is 10.5 Å². The first-order valence-electron chi connectivity index (χ1n) is 7.11. The van der Waals surface area contributed by atoms with Gasteiger partial charge in [-0.3, -0.25) is 0 Å². The molecule has 1 saturated carbocycles. The van der Waals surface area contributed by atoms with Crippen LogP contribution in [0, 0.1) is 0 Å². The molecule has 22 heavy (non-hydrogen) atoms. The highest BCUT2D eigenvalue weighted by atomic mass is 35.5. The molecule has 2 aromatic rings. The van der Waals surface area contributed by atoms with Crippen LogP contribution in [0.25, 0.3) is 0 Å². The van der Waals surface area contributed by atoms with Crippen molar-refractivity contribution in [2.45, 2.75) is 18.4 Å². The van der Waals surface area contributed by atoms with Crippen LogP contribution in [0.3, 0.4) is 0 Å². The quantitative estimate of drug-likeness (QED) is 0.890. The zero-order chi connectivity index (χ0) is 15.6. The lowest BCUT2D eigenvalue weighted by Crippen LogP contribution is -2.38. The predicted octanol–water partition coefficient (Wildman–Crippen LogP) is 4.16. The fourth-order valence-electron chi connectivity index (χ4n) is 2.43. The van der Waals surface area contributed by atoms with Gasteiger partial charge in [0.25, 0.3) is 0 Å². The predicted molar refractivity (Wildman–Crippen MR) is 87.5 cm³/mol. The van der Waals surface area contributed by atoms with Crippen LogP contribution in [0.2, 0.25) is 5.02 Å². The standard InChI is InChI=1S/C17H17ClN2O2/c1-22-15-8-6-14(7-9-15)19-16(21)20-17(10-11-17)12-2-4-13(18)5-3-12/h2-9H,10-11H2,1H3,(H2,19,20,21). The number of urea groups is 1. The van der Waals surface area contributed by atoms with E-state index in [0.717, 1.165) is 29.8 Å². The lowest BCUT2D eigenvalue weighted by atomic mass is 10.1. The van der Waals surface area contributed by atoms with E-state index in [2.05, 4.69) is 10.6 Å². The van der Waals surface area contributed by atoms with Gasteiger partial charge >= 0.3 is 6.03 Å². The first kappa shape index (κ1) is 14.7. The van der Waals surface area contributed by atoms with E-state index in [-0.39, 0.29) is 11.6 Å². The Morgan fingerprint density at radius 3 is 2.27 bits per heavy atom. The fourth-order valence-corrected chi connectivity index (χ4v) is 2.56. The molecule has 2 N–H and O–H groups in total. The van der Waals surface area contributed by atoms with E-state index in [9.17, 15) is 4.79 Å². The summed E-state index contributed by atoms with van der Waals surface area (Å²) >= 11 is 5.91. The van der Waals surface area contributed by atoms with Crippen LogP contribution in [0.15, 0.2) is 48.5 Å². The molecule has 0 saturated heterocycles. The number of anilines is 1. The van der Waals surface area contributed by atoms with Crippen LogP contribution >= 0.6 is 11.6 Å². The minimum absolute atomic E-state index is 0.211. The zero-order valence-corrected chi connectivity index (χ0v) is 13.0. The minimum Gasteiger partial charge on any atom is -0.497 e. The summed E-state index contributed by atoms with van der Waals surface area (Å²) in [5, 5.41) is 6.59. The molecular weight excluding hydrogens is 300 g/mol. The second kappa shape index (κ2) is 5.89. The summed E-state index contributed by atoms with van der Waals surface area (Å²) in [5.41, 5.74) is 1.55. The lowest BCUT2D eigenvalue weighted by molar-refractivity contribution is 0.247. The SMILES string of the molecule is COc1ccc(NC(=O)NC2(c3ccc(Cl)cc3)CC2)cc1. The molecule has 1 aliphatic rings. The number of methoxy groups -OCH3 is 1. The maximum atomic E-state index is 12.2. The molecule has 0 bridgehead atoms. The van der Waals surface area contributed by atoms with E-state index in [1.165, 1.54) is 0 Å². The summed E-state index contributed by atoms with van der Waals surface area (Å²) < 4.78 is 5.09. The van der Waals surface area contributed by atoms with Crippen molar-refractivity contribution in [3.8, 4) is 5.75 Å². The molecule has 3 rings (SSSR count). The van der Waals surface area contributed by atoms with Gasteiger partial charge in [0.2, 0.25) is 0 Å². The number of benzene rings is 2. The largest absolute Gasteiger partial charge is 0.497 e. The van der Waals surface area contributed by atoms with E-state index in [0.29, 0.717) is 5.02 Å². The van der Waals surface area contributed by atoms with E-state index < -0.39 is 0 Å². The molecule has 0 aliphatic heterocycles. The number of hydrogen-bond donors (Lipinski definition) is 2. The highest BCUT2D eigenvalue weighted by Crippen LogP contribution is 2.45. The van der Waals surface area contributed by atoms with Gasteiger partial charge < -0.3 is 15.4 Å². The molecule has 114 valence electrons. The maximum Gasteiger partial charge on any atom is 0.319 e. The van der Waals surface area contributed by atoms with Gasteiger partial charge in [0, 0.05) is 10.7 Å². The second-order valence-electron chi connectivity index (χ2n) is 5.40. The topological polar surface area (TPSA) is 50.4 Å². The molecule has 0 heterocycles. The molecule has 5 heteroatoms. The first-order chi connectivity index (χ1) is 10.6. The van der Waals surface area contributed by atoms with Crippen molar-refractivity contribution in [2.75, 3.05) is 12.4 Å². The number of amides is 2. The Labute approximate surface area is 134 Å². The van der Waals surface area contributed by atoms with Crippen molar-refractivity contribution < 1.29 is 9.53 Å². The van der Waals surface area contributed by atoms with Crippen molar-refractivity contribution in [3.63, 3.8) is 0 Å². The highest BCUT2D eigenvalue weighted by Gasteiger charge is 2.45. The second-order valence-corrected chi connectivity index (χ2v) is 5.83. The first-order valence-corrected chi connectivity index (χ1v) is 7.48. The molecule has 0 atom stereocenters. The minimum atomic E-state index is -0.263. The van der Waals surface area contributed by atoms with Crippen LogP contribution in [-0.4, -0.2) is 13.1 Å². The Bertz CT molecular complexity index is 664. The highest BCUT2D eigenvalue weighted by molar-refractivity contribution is 6.30. The molecule has 1 fully saturated rings. The molecule has 0 aromatic heterocycles. The van der Waals surface area contributed by atoms with Crippen LogP contribution in [0.1, 0.15) is 18.4 Å². The Kier molecular flexibility index (Phi) is 3.94. The summed E-state index contributed by atoms with van der Waals surface area (Å²) in [6.07, 6.45) is 1.87. The Morgan fingerprint density at radius 1 is 1.09 bits per heavy atom. The fraction of sp³-hybridized carbons (Fsp3) is 0.235. The summed E-state index contributed by atoms with van der Waals surface area (Å²) in [5.74, 6) is 0.755. The summed E-state index contributed by atoms with van der Waals surface area (Å²) in [4.78, 5) is 12.2. The lowest BCUT2D eigenvalue weighted by Gasteiger charge is -2.18. The molecular formula is C17H17ClN2O2. The average molecular weight is 317 g/mol. The molecule has 1 aliphatic carbocycles. The van der Waals surface area contributed by atoms with Gasteiger partial charge in [0.05, 0.1) is 12.6 Å². The summed E-state index contributed by atoms with van der Waals surface area (Å²) in [6, 6.07) is 14.6. The van der Waals surface area contributed by atoms with Gasteiger partial charge in [-0.15, -0.1) is 0 Å². The molecule has 0 unspecified atom stereocenters. The summed E-state index contributed by atoms with van der Waals surface area (Å²) in [6.45, 7) is 0. The molecule has 2 aromatic carbocycles. The van der Waals surface area contributed by atoms with Crippen LogP contribution in [0.5, 0.6) is 5.75 Å². The third kappa shape index (κ3) is 3.17.